The predicted octanol–water partition coefficient (Wildman–Crippen LogP) is 6.52. The van der Waals surface area contributed by atoms with Gasteiger partial charge in [0.25, 0.3) is 0 Å². The van der Waals surface area contributed by atoms with Crippen LogP contribution in [0.4, 0.5) is 0 Å². The fraction of sp³-hybridized carbons (Fsp3) is 0.880. The fourth-order valence-electron chi connectivity index (χ4n) is 7.75. The molecule has 4 aliphatic rings. The molecule has 3 saturated carbocycles. The Kier molecular flexibility index (Phi) is 5.52. The minimum atomic E-state index is -3.64. The lowest BCUT2D eigenvalue weighted by Gasteiger charge is -2.58. The molecule has 0 heterocycles. The van der Waals surface area contributed by atoms with Gasteiger partial charge in [-0.2, -0.15) is 0 Å². The van der Waals surface area contributed by atoms with Crippen LogP contribution in [0.1, 0.15) is 92.9 Å². The third-order valence-electron chi connectivity index (χ3n) is 9.69. The summed E-state index contributed by atoms with van der Waals surface area (Å²) < 4.78 is 18.5. The molecule has 30 heavy (non-hydrogen) atoms. The molecule has 0 aromatic rings. The molecule has 3 fully saturated rings. The number of fused-ring (bicyclic) bond motifs is 5. The van der Waals surface area contributed by atoms with Crippen molar-refractivity contribution in [2.75, 3.05) is 0 Å². The lowest BCUT2D eigenvalue weighted by Crippen LogP contribution is -2.51. The van der Waals surface area contributed by atoms with Crippen LogP contribution in [0.5, 0.6) is 0 Å². The van der Waals surface area contributed by atoms with Crippen molar-refractivity contribution >= 4 is 13.4 Å². The second kappa shape index (κ2) is 7.29. The van der Waals surface area contributed by atoms with Crippen LogP contribution in [0.15, 0.2) is 11.6 Å². The highest BCUT2D eigenvalue weighted by molar-refractivity contribution is 7.54. The number of Topliss-reactive ketones (excluding diaryl/α,β-unsaturated/α-hetero) is 1. The van der Waals surface area contributed by atoms with Crippen molar-refractivity contribution in [1.29, 1.82) is 0 Å². The maximum Gasteiger partial charge on any atom is 0.333 e. The second-order valence-corrected chi connectivity index (χ2v) is 14.8. The summed E-state index contributed by atoms with van der Waals surface area (Å²) in [6.45, 7) is 12.0. The summed E-state index contributed by atoms with van der Waals surface area (Å²) in [5.41, 5.74) is 1.82. The zero-order valence-electron chi connectivity index (χ0n) is 19.7. The Morgan fingerprint density at radius 1 is 1.13 bits per heavy atom. The Morgan fingerprint density at radius 2 is 1.83 bits per heavy atom. The molecule has 0 aromatic heterocycles. The summed E-state index contributed by atoms with van der Waals surface area (Å²) in [5.74, 6) is 2.65. The molecule has 4 nitrogen and oxygen atoms in total. The number of allylic oxidation sites excluding steroid dienone is 1. The second-order valence-electron chi connectivity index (χ2n) is 12.2. The zero-order valence-corrected chi connectivity index (χ0v) is 20.6. The van der Waals surface area contributed by atoms with Crippen molar-refractivity contribution in [3.8, 4) is 0 Å². The van der Waals surface area contributed by atoms with Crippen LogP contribution in [0.25, 0.3) is 0 Å². The van der Waals surface area contributed by atoms with Gasteiger partial charge in [-0.05, 0) is 108 Å². The first-order chi connectivity index (χ1) is 13.8. The standard InChI is InChI=1S/C25H41O4P/c1-16(26)20-9-10-21-19-8-7-17-15-18(29-30(27,28)23(2,3)4)11-13-24(17,5)22(19)12-14-25(20,21)6/h7,18-22H,8-15H2,1-6H3,(H,27,28). The molecule has 0 radical (unpaired) electrons. The van der Waals surface area contributed by atoms with Gasteiger partial charge in [-0.1, -0.05) is 25.5 Å². The minimum Gasteiger partial charge on any atom is -0.324 e. The minimum absolute atomic E-state index is 0.154. The zero-order chi connectivity index (χ0) is 22.1. The SMILES string of the molecule is CC(=O)C1CCC2C3CC=C4CC(OP(=O)(O)C(C)(C)C)CCC4(C)C3CCC12C. The molecule has 8 atom stereocenters. The highest BCUT2D eigenvalue weighted by Gasteiger charge is 2.59. The Bertz CT molecular complexity index is 795. The first-order valence-electron chi connectivity index (χ1n) is 12.0. The van der Waals surface area contributed by atoms with Gasteiger partial charge in [-0.15, -0.1) is 0 Å². The van der Waals surface area contributed by atoms with E-state index in [2.05, 4.69) is 19.9 Å². The van der Waals surface area contributed by atoms with Gasteiger partial charge in [0.1, 0.15) is 5.78 Å². The van der Waals surface area contributed by atoms with E-state index in [0.29, 0.717) is 23.5 Å². The normalized spacial score (nSPS) is 45.6. The summed E-state index contributed by atoms with van der Waals surface area (Å²) in [7, 11) is -3.64. The molecule has 0 saturated heterocycles. The molecule has 0 aromatic carbocycles. The number of hydrogen-bond acceptors (Lipinski definition) is 3. The van der Waals surface area contributed by atoms with Gasteiger partial charge in [0.15, 0.2) is 0 Å². The molecule has 0 bridgehead atoms. The van der Waals surface area contributed by atoms with Gasteiger partial charge in [0.05, 0.1) is 11.3 Å². The Balaban J connectivity index is 1.54. The van der Waals surface area contributed by atoms with E-state index in [9.17, 15) is 14.3 Å². The van der Waals surface area contributed by atoms with Crippen molar-refractivity contribution in [3.05, 3.63) is 11.6 Å². The first kappa shape index (κ1) is 22.7. The molecular weight excluding hydrogens is 395 g/mol. The number of carbonyl (C=O) groups is 1. The lowest BCUT2D eigenvalue weighted by molar-refractivity contribution is -0.127. The van der Waals surface area contributed by atoms with Crippen LogP contribution in [-0.4, -0.2) is 21.9 Å². The summed E-state index contributed by atoms with van der Waals surface area (Å²) in [4.78, 5) is 22.7. The molecule has 170 valence electrons. The Labute approximate surface area is 182 Å². The molecule has 4 rings (SSSR count). The Hall–Kier alpha value is -0.440. The number of ketones is 1. The maximum absolute atomic E-state index is 12.7. The molecule has 0 aliphatic heterocycles. The predicted molar refractivity (Wildman–Crippen MR) is 120 cm³/mol. The number of carbonyl (C=O) groups excluding carboxylic acids is 1. The van der Waals surface area contributed by atoms with Crippen molar-refractivity contribution < 1.29 is 18.8 Å². The highest BCUT2D eigenvalue weighted by atomic mass is 31.2. The van der Waals surface area contributed by atoms with Crippen LogP contribution in [0.3, 0.4) is 0 Å². The summed E-state index contributed by atoms with van der Waals surface area (Å²) in [6, 6.07) is 0. The van der Waals surface area contributed by atoms with Crippen molar-refractivity contribution in [2.24, 2.45) is 34.5 Å². The summed E-state index contributed by atoms with van der Waals surface area (Å²) >= 11 is 0. The fourth-order valence-corrected chi connectivity index (χ4v) is 8.65. The van der Waals surface area contributed by atoms with Gasteiger partial charge in [-0.3, -0.25) is 9.36 Å². The molecule has 1 N–H and O–H groups in total. The van der Waals surface area contributed by atoms with Gasteiger partial charge in [-0.25, -0.2) is 0 Å². The first-order valence-corrected chi connectivity index (χ1v) is 13.6. The highest BCUT2D eigenvalue weighted by Crippen LogP contribution is 2.67. The van der Waals surface area contributed by atoms with Crippen LogP contribution in [0, 0.1) is 34.5 Å². The number of rotatable bonds is 3. The third kappa shape index (κ3) is 3.41. The van der Waals surface area contributed by atoms with E-state index in [1.807, 2.05) is 0 Å². The average molecular weight is 437 g/mol. The van der Waals surface area contributed by atoms with Gasteiger partial charge in [0, 0.05) is 5.92 Å². The van der Waals surface area contributed by atoms with E-state index in [4.69, 9.17) is 4.52 Å². The lowest BCUT2D eigenvalue weighted by atomic mass is 9.47. The molecular formula is C25H41O4P. The monoisotopic (exact) mass is 436 g/mol. The van der Waals surface area contributed by atoms with Gasteiger partial charge >= 0.3 is 7.60 Å². The molecule has 0 amide bonds. The third-order valence-corrected chi connectivity index (χ3v) is 12.0. The van der Waals surface area contributed by atoms with E-state index in [1.54, 1.807) is 27.7 Å². The summed E-state index contributed by atoms with van der Waals surface area (Å²) in [6.07, 6.45) is 10.7. The molecule has 4 aliphatic carbocycles. The van der Waals surface area contributed by atoms with Crippen LogP contribution < -0.4 is 0 Å². The van der Waals surface area contributed by atoms with Crippen LogP contribution in [-0.2, 0) is 13.9 Å². The van der Waals surface area contributed by atoms with Crippen LogP contribution in [0.2, 0.25) is 0 Å². The maximum atomic E-state index is 12.7. The molecule has 8 unspecified atom stereocenters. The number of hydrogen-bond donors (Lipinski definition) is 1. The van der Waals surface area contributed by atoms with E-state index >= 15 is 0 Å². The van der Waals surface area contributed by atoms with Gasteiger partial charge in [0.2, 0.25) is 0 Å². The van der Waals surface area contributed by atoms with Crippen molar-refractivity contribution in [3.63, 3.8) is 0 Å². The van der Waals surface area contributed by atoms with E-state index in [0.717, 1.165) is 32.1 Å². The van der Waals surface area contributed by atoms with E-state index in [-0.39, 0.29) is 22.9 Å². The molecule has 0 spiro atoms. The largest absolute Gasteiger partial charge is 0.333 e. The van der Waals surface area contributed by atoms with Gasteiger partial charge < -0.3 is 9.42 Å². The smallest absolute Gasteiger partial charge is 0.324 e. The average Bonchev–Trinajstić information content (AvgIpc) is 2.98. The van der Waals surface area contributed by atoms with E-state index in [1.165, 1.54) is 24.8 Å². The van der Waals surface area contributed by atoms with Crippen molar-refractivity contribution in [1.82, 2.24) is 0 Å². The van der Waals surface area contributed by atoms with E-state index < -0.39 is 12.8 Å². The molecule has 5 heteroatoms. The Morgan fingerprint density at radius 3 is 2.47 bits per heavy atom. The summed E-state index contributed by atoms with van der Waals surface area (Å²) in [5, 5.41) is -0.747. The van der Waals surface area contributed by atoms with Crippen LogP contribution >= 0.6 is 7.60 Å². The topological polar surface area (TPSA) is 63.6 Å². The van der Waals surface area contributed by atoms with Crippen molar-refractivity contribution in [2.45, 2.75) is 104 Å². The quantitative estimate of drug-likeness (QED) is 0.404.